The molecule has 1 aromatic rings. The lowest BCUT2D eigenvalue weighted by atomic mass is 9.77. The molecular weight excluding hydrogens is 377 g/mol. The Labute approximate surface area is 155 Å². The Morgan fingerprint density at radius 1 is 1.12 bits per heavy atom. The van der Waals surface area contributed by atoms with Crippen LogP contribution in [-0.4, -0.2) is 24.9 Å². The first-order chi connectivity index (χ1) is 11.3. The summed E-state index contributed by atoms with van der Waals surface area (Å²) < 4.78 is 50.3. The van der Waals surface area contributed by atoms with Crippen molar-refractivity contribution in [3.63, 3.8) is 0 Å². The maximum atomic E-state index is 12.8. The fourth-order valence-electron chi connectivity index (χ4n) is 2.29. The zero-order valence-electron chi connectivity index (χ0n) is 14.3. The first kappa shape index (κ1) is 20.6. The van der Waals surface area contributed by atoms with Crippen molar-refractivity contribution in [2.24, 2.45) is 5.73 Å². The molecule has 2 rings (SSSR count). The van der Waals surface area contributed by atoms with E-state index >= 15 is 0 Å². The van der Waals surface area contributed by atoms with Crippen LogP contribution in [-0.2, 0) is 15.5 Å². The SMILES string of the molecule is CC1(C)OB(C(=Cc2c(Cl)cc(C(F)(F)F)cc2Cl)CN)OC1(C)C. The van der Waals surface area contributed by atoms with Crippen molar-refractivity contribution in [3.05, 3.63) is 38.8 Å². The van der Waals surface area contributed by atoms with Gasteiger partial charge in [0.1, 0.15) is 0 Å². The first-order valence-electron chi connectivity index (χ1n) is 7.61. The summed E-state index contributed by atoms with van der Waals surface area (Å²) in [6, 6.07) is 1.66. The number of alkyl halides is 3. The van der Waals surface area contributed by atoms with E-state index in [2.05, 4.69) is 0 Å². The van der Waals surface area contributed by atoms with Gasteiger partial charge in [-0.2, -0.15) is 13.2 Å². The molecule has 0 aliphatic carbocycles. The molecule has 0 spiro atoms. The smallest absolute Gasteiger partial charge is 0.400 e. The second kappa shape index (κ2) is 6.78. The van der Waals surface area contributed by atoms with Crippen LogP contribution in [0.25, 0.3) is 6.08 Å². The van der Waals surface area contributed by atoms with E-state index in [-0.39, 0.29) is 22.2 Å². The van der Waals surface area contributed by atoms with E-state index in [1.54, 1.807) is 0 Å². The summed E-state index contributed by atoms with van der Waals surface area (Å²) in [7, 11) is -0.732. The number of benzene rings is 1. The van der Waals surface area contributed by atoms with Gasteiger partial charge in [-0.05, 0) is 45.3 Å². The van der Waals surface area contributed by atoms with Crippen LogP contribution in [0.5, 0.6) is 0 Å². The zero-order chi connectivity index (χ0) is 19.2. The van der Waals surface area contributed by atoms with E-state index in [4.69, 9.17) is 38.2 Å². The van der Waals surface area contributed by atoms with E-state index < -0.39 is 30.1 Å². The van der Waals surface area contributed by atoms with Gasteiger partial charge in [-0.15, -0.1) is 0 Å². The van der Waals surface area contributed by atoms with Crippen molar-refractivity contribution in [3.8, 4) is 0 Å². The predicted octanol–water partition coefficient (Wildman–Crippen LogP) is 4.99. The molecule has 0 aromatic heterocycles. The third-order valence-electron chi connectivity index (χ3n) is 4.53. The summed E-state index contributed by atoms with van der Waals surface area (Å²) in [6.07, 6.45) is -3.01. The van der Waals surface area contributed by atoms with Crippen LogP contribution in [0.15, 0.2) is 17.6 Å². The van der Waals surface area contributed by atoms with Crippen molar-refractivity contribution in [1.82, 2.24) is 0 Å². The van der Waals surface area contributed by atoms with Crippen molar-refractivity contribution in [2.45, 2.75) is 45.1 Å². The monoisotopic (exact) mass is 395 g/mol. The third kappa shape index (κ3) is 4.17. The Morgan fingerprint density at radius 2 is 1.56 bits per heavy atom. The molecule has 1 fully saturated rings. The minimum absolute atomic E-state index is 0.0739. The van der Waals surface area contributed by atoms with E-state index in [0.29, 0.717) is 5.47 Å². The van der Waals surface area contributed by atoms with Gasteiger partial charge in [0, 0.05) is 22.2 Å². The molecule has 25 heavy (non-hydrogen) atoms. The molecule has 2 N–H and O–H groups in total. The number of halogens is 5. The van der Waals surface area contributed by atoms with Gasteiger partial charge < -0.3 is 15.0 Å². The summed E-state index contributed by atoms with van der Waals surface area (Å²) in [5.41, 5.74) is 4.50. The lowest BCUT2D eigenvalue weighted by molar-refractivity contribution is -0.137. The van der Waals surface area contributed by atoms with Crippen molar-refractivity contribution in [1.29, 1.82) is 0 Å². The van der Waals surface area contributed by atoms with Crippen LogP contribution in [0.1, 0.15) is 38.8 Å². The number of hydrogen-bond acceptors (Lipinski definition) is 3. The first-order valence-corrected chi connectivity index (χ1v) is 8.36. The van der Waals surface area contributed by atoms with E-state index in [9.17, 15) is 13.2 Å². The van der Waals surface area contributed by atoms with Gasteiger partial charge in [-0.25, -0.2) is 0 Å². The highest BCUT2D eigenvalue weighted by molar-refractivity contribution is 6.56. The van der Waals surface area contributed by atoms with Crippen molar-refractivity contribution >= 4 is 36.4 Å². The summed E-state index contributed by atoms with van der Waals surface area (Å²) in [5.74, 6) is 0. The van der Waals surface area contributed by atoms with E-state index in [1.165, 1.54) is 6.08 Å². The molecule has 0 radical (unpaired) electrons. The van der Waals surface area contributed by atoms with Crippen molar-refractivity contribution < 1.29 is 22.5 Å². The average molecular weight is 396 g/mol. The molecule has 0 saturated carbocycles. The van der Waals surface area contributed by atoms with E-state index in [1.807, 2.05) is 27.7 Å². The van der Waals surface area contributed by atoms with Crippen molar-refractivity contribution in [2.75, 3.05) is 6.54 Å². The highest BCUT2D eigenvalue weighted by atomic mass is 35.5. The maximum absolute atomic E-state index is 12.8. The van der Waals surface area contributed by atoms with Gasteiger partial charge in [0.15, 0.2) is 0 Å². The van der Waals surface area contributed by atoms with Gasteiger partial charge in [0.25, 0.3) is 0 Å². The Kier molecular flexibility index (Phi) is 5.58. The van der Waals surface area contributed by atoms with Crippen LogP contribution >= 0.6 is 23.2 Å². The number of hydrogen-bond donors (Lipinski definition) is 1. The van der Waals surface area contributed by atoms with Gasteiger partial charge >= 0.3 is 13.3 Å². The molecule has 1 aliphatic rings. The molecule has 9 heteroatoms. The average Bonchev–Trinajstić information content (AvgIpc) is 2.65. The Bertz CT molecular complexity index is 666. The predicted molar refractivity (Wildman–Crippen MR) is 94.6 cm³/mol. The zero-order valence-corrected chi connectivity index (χ0v) is 15.8. The highest BCUT2D eigenvalue weighted by Gasteiger charge is 2.52. The molecule has 138 valence electrons. The fourth-order valence-corrected chi connectivity index (χ4v) is 2.89. The fraction of sp³-hybridized carbons (Fsp3) is 0.500. The Balaban J connectivity index is 2.42. The van der Waals surface area contributed by atoms with Gasteiger partial charge in [-0.3, -0.25) is 0 Å². The quantitative estimate of drug-likeness (QED) is 0.733. The van der Waals surface area contributed by atoms with Gasteiger partial charge in [0.2, 0.25) is 0 Å². The molecule has 0 bridgehead atoms. The molecular formula is C16H19BCl2F3NO2. The summed E-state index contributed by atoms with van der Waals surface area (Å²) >= 11 is 12.0. The molecule has 1 saturated heterocycles. The van der Waals surface area contributed by atoms with Gasteiger partial charge in [0.05, 0.1) is 16.8 Å². The van der Waals surface area contributed by atoms with E-state index in [0.717, 1.165) is 12.1 Å². The standard InChI is InChI=1S/C16H19BCl2F3NO2/c1-14(2)15(3,4)25-17(24-14)10(8-23)7-11-12(18)5-9(6-13(11)19)16(20,21)22/h5-7H,8,23H2,1-4H3. The van der Waals surface area contributed by atoms with Crippen LogP contribution in [0, 0.1) is 0 Å². The second-order valence-electron chi connectivity index (χ2n) is 6.86. The second-order valence-corrected chi connectivity index (χ2v) is 7.68. The number of rotatable bonds is 3. The molecule has 1 heterocycles. The molecule has 3 nitrogen and oxygen atoms in total. The molecule has 0 atom stereocenters. The largest absolute Gasteiger partial charge is 0.491 e. The Hall–Kier alpha value is -0.725. The van der Waals surface area contributed by atoms with Crippen LogP contribution in [0.3, 0.4) is 0 Å². The molecule has 0 unspecified atom stereocenters. The lowest BCUT2D eigenvalue weighted by Crippen LogP contribution is -2.41. The molecule has 1 aliphatic heterocycles. The molecule has 0 amide bonds. The number of nitrogens with two attached hydrogens (primary N) is 1. The normalized spacial score (nSPS) is 20.2. The summed E-state index contributed by atoms with van der Waals surface area (Å²) in [5, 5.41) is -0.246. The third-order valence-corrected chi connectivity index (χ3v) is 5.15. The highest BCUT2D eigenvalue weighted by Crippen LogP contribution is 2.40. The summed E-state index contributed by atoms with van der Waals surface area (Å²) in [4.78, 5) is 0. The van der Waals surface area contributed by atoms with Crippen LogP contribution < -0.4 is 5.73 Å². The Morgan fingerprint density at radius 3 is 1.92 bits per heavy atom. The lowest BCUT2D eigenvalue weighted by Gasteiger charge is -2.32. The summed E-state index contributed by atoms with van der Waals surface area (Å²) in [6.45, 7) is 7.63. The minimum Gasteiger partial charge on any atom is -0.400 e. The van der Waals surface area contributed by atoms with Crippen LogP contribution in [0.4, 0.5) is 13.2 Å². The minimum atomic E-state index is -4.53. The van der Waals surface area contributed by atoms with Gasteiger partial charge in [-0.1, -0.05) is 29.3 Å². The maximum Gasteiger partial charge on any atom is 0.491 e. The molecule has 1 aromatic carbocycles. The van der Waals surface area contributed by atoms with Crippen LogP contribution in [0.2, 0.25) is 10.0 Å². The topological polar surface area (TPSA) is 44.5 Å².